The van der Waals surface area contributed by atoms with Crippen LogP contribution in [-0.4, -0.2) is 16.9 Å². The third-order valence-electron chi connectivity index (χ3n) is 3.87. The number of hydrogen-bond donors (Lipinski definition) is 0. The monoisotopic (exact) mass is 247 g/mol. The summed E-state index contributed by atoms with van der Waals surface area (Å²) in [7, 11) is 0. The van der Waals surface area contributed by atoms with Crippen molar-refractivity contribution in [1.29, 1.82) is 0 Å². The average molecular weight is 247 g/mol. The van der Waals surface area contributed by atoms with Crippen molar-refractivity contribution in [3.05, 3.63) is 30.3 Å². The molecule has 0 aliphatic carbocycles. The molecule has 0 saturated carbocycles. The highest BCUT2D eigenvalue weighted by Crippen LogP contribution is 2.39. The van der Waals surface area contributed by atoms with E-state index in [0.717, 1.165) is 13.0 Å². The number of hydrogen-bond acceptors (Lipinski definition) is 2. The summed E-state index contributed by atoms with van der Waals surface area (Å²) < 4.78 is 0. The minimum absolute atomic E-state index is 0.0432. The number of thiocarbonyl (C=S) groups is 1. The van der Waals surface area contributed by atoms with Gasteiger partial charge in [0.25, 0.3) is 0 Å². The Hall–Kier alpha value is -0.890. The Kier molecular flexibility index (Phi) is 3.03. The van der Waals surface area contributed by atoms with Crippen LogP contribution in [0, 0.1) is 5.41 Å². The van der Waals surface area contributed by atoms with E-state index in [0.29, 0.717) is 0 Å². The summed E-state index contributed by atoms with van der Waals surface area (Å²) in [6.07, 6.45) is 1.13. The van der Waals surface area contributed by atoms with Crippen molar-refractivity contribution in [1.82, 2.24) is 0 Å². The smallest absolute Gasteiger partial charge is 0.0665 e. The molecule has 1 aromatic carbocycles. The Morgan fingerprint density at radius 2 is 1.65 bits per heavy atom. The third-order valence-corrected chi connectivity index (χ3v) is 4.93. The number of piperidine rings is 1. The molecule has 0 aromatic heterocycles. The van der Waals surface area contributed by atoms with Crippen LogP contribution in [0.3, 0.4) is 0 Å². The molecule has 0 unspecified atom stereocenters. The van der Waals surface area contributed by atoms with Gasteiger partial charge in [0.15, 0.2) is 0 Å². The third kappa shape index (κ3) is 2.11. The first kappa shape index (κ1) is 12.6. The molecule has 1 aromatic rings. The lowest BCUT2D eigenvalue weighted by Crippen LogP contribution is -2.59. The van der Waals surface area contributed by atoms with Crippen molar-refractivity contribution in [2.45, 2.75) is 39.7 Å². The zero-order valence-corrected chi connectivity index (χ0v) is 12.0. The molecule has 0 amide bonds. The minimum Gasteiger partial charge on any atom is -0.362 e. The van der Waals surface area contributed by atoms with E-state index < -0.39 is 0 Å². The molecule has 0 atom stereocenters. The van der Waals surface area contributed by atoms with Gasteiger partial charge >= 0.3 is 0 Å². The second-order valence-electron chi connectivity index (χ2n) is 6.01. The van der Waals surface area contributed by atoms with Crippen molar-refractivity contribution in [3.8, 4) is 0 Å². The van der Waals surface area contributed by atoms with Gasteiger partial charge in [-0.15, -0.1) is 0 Å². The van der Waals surface area contributed by atoms with Gasteiger partial charge in [-0.3, -0.25) is 0 Å². The minimum atomic E-state index is -0.0432. The number of benzene rings is 1. The summed E-state index contributed by atoms with van der Waals surface area (Å²) in [6.45, 7) is 10.1. The van der Waals surface area contributed by atoms with Gasteiger partial charge in [0.05, 0.1) is 5.54 Å². The summed E-state index contributed by atoms with van der Waals surface area (Å²) in [5.74, 6) is 0. The van der Waals surface area contributed by atoms with Gasteiger partial charge in [0, 0.05) is 22.5 Å². The number of nitrogens with zero attached hydrogens (tertiary/aromatic N) is 1. The second kappa shape index (κ2) is 4.09. The standard InChI is InChI=1S/C15H21NS/c1-14(2)10-11-16(15(3,4)13(14)17)12-8-6-5-7-9-12/h5-9H,10-11H2,1-4H3. The first-order chi connectivity index (χ1) is 7.86. The van der Waals surface area contributed by atoms with Crippen LogP contribution in [0.5, 0.6) is 0 Å². The van der Waals surface area contributed by atoms with Crippen molar-refractivity contribution in [3.63, 3.8) is 0 Å². The van der Waals surface area contributed by atoms with Crippen LogP contribution in [0.15, 0.2) is 30.3 Å². The maximum atomic E-state index is 5.71. The van der Waals surface area contributed by atoms with E-state index in [9.17, 15) is 0 Å². The molecule has 1 aliphatic heterocycles. The Morgan fingerprint density at radius 1 is 1.06 bits per heavy atom. The number of rotatable bonds is 1. The van der Waals surface area contributed by atoms with Crippen LogP contribution >= 0.6 is 12.2 Å². The Bertz CT molecular complexity index is 420. The summed E-state index contributed by atoms with van der Waals surface area (Å²) in [5, 5.41) is 0. The van der Waals surface area contributed by atoms with Crippen LogP contribution in [-0.2, 0) is 0 Å². The van der Waals surface area contributed by atoms with Crippen LogP contribution in [0.2, 0.25) is 0 Å². The molecule has 0 spiro atoms. The van der Waals surface area contributed by atoms with E-state index in [4.69, 9.17) is 12.2 Å². The summed E-state index contributed by atoms with van der Waals surface area (Å²) in [6, 6.07) is 10.6. The van der Waals surface area contributed by atoms with Gasteiger partial charge in [0.2, 0.25) is 0 Å². The van der Waals surface area contributed by atoms with Gasteiger partial charge in [-0.1, -0.05) is 44.3 Å². The first-order valence-corrected chi connectivity index (χ1v) is 6.64. The van der Waals surface area contributed by atoms with Crippen molar-refractivity contribution < 1.29 is 0 Å². The van der Waals surface area contributed by atoms with Crippen LogP contribution in [0.4, 0.5) is 5.69 Å². The quantitative estimate of drug-likeness (QED) is 0.688. The van der Waals surface area contributed by atoms with Crippen molar-refractivity contribution >= 4 is 22.8 Å². The highest BCUT2D eigenvalue weighted by Gasteiger charge is 2.43. The molecule has 92 valence electrons. The van der Waals surface area contributed by atoms with Crippen LogP contribution < -0.4 is 4.90 Å². The van der Waals surface area contributed by atoms with Gasteiger partial charge < -0.3 is 4.90 Å². The summed E-state index contributed by atoms with van der Waals surface area (Å²) >= 11 is 5.71. The molecule has 0 bridgehead atoms. The van der Waals surface area contributed by atoms with Crippen molar-refractivity contribution in [2.24, 2.45) is 5.41 Å². The maximum absolute atomic E-state index is 5.71. The number of para-hydroxylation sites is 1. The van der Waals surface area contributed by atoms with E-state index >= 15 is 0 Å². The predicted molar refractivity (Wildman–Crippen MR) is 78.9 cm³/mol. The zero-order chi connectivity index (χ0) is 12.7. The SMILES string of the molecule is CC1(C)CCN(c2ccccc2)C(C)(C)C1=S. The van der Waals surface area contributed by atoms with E-state index in [2.05, 4.69) is 62.9 Å². The molecule has 1 saturated heterocycles. The maximum Gasteiger partial charge on any atom is 0.0665 e. The molecular weight excluding hydrogens is 226 g/mol. The lowest BCUT2D eigenvalue weighted by Gasteiger charge is -2.51. The molecule has 1 fully saturated rings. The lowest BCUT2D eigenvalue weighted by molar-refractivity contribution is 0.387. The van der Waals surface area contributed by atoms with E-state index in [1.165, 1.54) is 10.6 Å². The first-order valence-electron chi connectivity index (χ1n) is 6.23. The van der Waals surface area contributed by atoms with E-state index in [1.807, 2.05) is 0 Å². The molecular formula is C15H21NS. The summed E-state index contributed by atoms with van der Waals surface area (Å²) in [4.78, 5) is 3.60. The molecule has 1 nitrogen and oxygen atoms in total. The van der Waals surface area contributed by atoms with Gasteiger partial charge in [0.1, 0.15) is 0 Å². The van der Waals surface area contributed by atoms with Crippen molar-refractivity contribution in [2.75, 3.05) is 11.4 Å². The Morgan fingerprint density at radius 3 is 2.24 bits per heavy atom. The molecule has 0 radical (unpaired) electrons. The average Bonchev–Trinajstić information content (AvgIpc) is 2.27. The van der Waals surface area contributed by atoms with Crippen LogP contribution in [0.1, 0.15) is 34.1 Å². The second-order valence-corrected chi connectivity index (χ2v) is 6.42. The molecule has 1 heterocycles. The lowest BCUT2D eigenvalue weighted by atomic mass is 9.73. The molecule has 1 aliphatic rings. The van der Waals surface area contributed by atoms with Gasteiger partial charge in [-0.25, -0.2) is 0 Å². The van der Waals surface area contributed by atoms with E-state index in [-0.39, 0.29) is 11.0 Å². The van der Waals surface area contributed by atoms with Gasteiger partial charge in [-0.05, 0) is 32.4 Å². The highest BCUT2D eigenvalue weighted by molar-refractivity contribution is 7.80. The molecule has 2 rings (SSSR count). The largest absolute Gasteiger partial charge is 0.362 e. The highest BCUT2D eigenvalue weighted by atomic mass is 32.1. The topological polar surface area (TPSA) is 3.24 Å². The van der Waals surface area contributed by atoms with Gasteiger partial charge in [-0.2, -0.15) is 0 Å². The molecule has 17 heavy (non-hydrogen) atoms. The zero-order valence-electron chi connectivity index (χ0n) is 11.2. The number of anilines is 1. The fourth-order valence-corrected chi connectivity index (χ4v) is 3.01. The fraction of sp³-hybridized carbons (Fsp3) is 0.533. The molecule has 0 N–H and O–H groups in total. The molecule has 2 heteroatoms. The normalized spacial score (nSPS) is 22.6. The Balaban J connectivity index is 2.36. The predicted octanol–water partition coefficient (Wildman–Crippen LogP) is 4.07. The van der Waals surface area contributed by atoms with E-state index in [1.54, 1.807) is 0 Å². The summed E-state index contributed by atoms with van der Waals surface area (Å²) in [5.41, 5.74) is 1.40. The van der Waals surface area contributed by atoms with Crippen LogP contribution in [0.25, 0.3) is 0 Å². The Labute approximate surface area is 110 Å². The fourth-order valence-electron chi connectivity index (χ4n) is 2.79.